The molecule has 1 aromatic heterocycles. The van der Waals surface area contributed by atoms with Crippen LogP contribution in [0.1, 0.15) is 49.5 Å². The maximum Gasteiger partial charge on any atom is 0.00171 e. The van der Waals surface area contributed by atoms with Gasteiger partial charge >= 0.3 is 0 Å². The summed E-state index contributed by atoms with van der Waals surface area (Å²) >= 11 is 1.87. The summed E-state index contributed by atoms with van der Waals surface area (Å²) in [5, 5.41) is 2.32. The third-order valence-electron chi connectivity index (χ3n) is 2.35. The molecule has 0 bridgehead atoms. The summed E-state index contributed by atoms with van der Waals surface area (Å²) in [5.41, 5.74) is 1.56. The number of aryl methyl sites for hydroxylation is 1. The van der Waals surface area contributed by atoms with Crippen molar-refractivity contribution in [1.82, 2.24) is 0 Å². The third-order valence-corrected chi connectivity index (χ3v) is 3.23. The topological polar surface area (TPSA) is 0 Å². The van der Waals surface area contributed by atoms with Gasteiger partial charge in [-0.2, -0.15) is 0 Å². The van der Waals surface area contributed by atoms with E-state index in [4.69, 9.17) is 0 Å². The van der Waals surface area contributed by atoms with E-state index >= 15 is 0 Å². The van der Waals surface area contributed by atoms with Crippen molar-refractivity contribution in [1.29, 1.82) is 0 Å². The monoisotopic (exact) mass is 182 g/mol. The van der Waals surface area contributed by atoms with Crippen LogP contribution in [0.3, 0.4) is 0 Å². The van der Waals surface area contributed by atoms with E-state index in [9.17, 15) is 0 Å². The van der Waals surface area contributed by atoms with Gasteiger partial charge in [0.2, 0.25) is 0 Å². The van der Waals surface area contributed by atoms with Gasteiger partial charge < -0.3 is 0 Å². The molecule has 0 saturated heterocycles. The Balaban J connectivity index is 2.66. The quantitative estimate of drug-likeness (QED) is 0.649. The molecule has 0 nitrogen and oxygen atoms in total. The van der Waals surface area contributed by atoms with Crippen molar-refractivity contribution in [3.05, 3.63) is 21.9 Å². The Morgan fingerprint density at radius 1 is 1.42 bits per heavy atom. The third kappa shape index (κ3) is 2.34. The summed E-state index contributed by atoms with van der Waals surface area (Å²) in [5.74, 6) is 0.806. The van der Waals surface area contributed by atoms with Crippen LogP contribution >= 0.6 is 11.3 Å². The molecule has 0 saturated carbocycles. The molecular formula is C11H18S. The summed E-state index contributed by atoms with van der Waals surface area (Å²) in [6.45, 7) is 6.74. The van der Waals surface area contributed by atoms with Gasteiger partial charge in [0, 0.05) is 4.88 Å². The lowest BCUT2D eigenvalue weighted by molar-refractivity contribution is 0.597. The van der Waals surface area contributed by atoms with Gasteiger partial charge in [0.05, 0.1) is 0 Å². The van der Waals surface area contributed by atoms with Crippen molar-refractivity contribution in [2.45, 2.75) is 46.0 Å². The molecule has 0 amide bonds. The molecule has 1 rings (SSSR count). The molecule has 1 aromatic rings. The van der Waals surface area contributed by atoms with Gasteiger partial charge in [-0.05, 0) is 42.7 Å². The van der Waals surface area contributed by atoms with Gasteiger partial charge in [-0.15, -0.1) is 11.3 Å². The largest absolute Gasteiger partial charge is 0.149 e. The molecular weight excluding hydrogens is 164 g/mol. The zero-order valence-corrected chi connectivity index (χ0v) is 9.08. The molecule has 0 aliphatic carbocycles. The minimum absolute atomic E-state index is 0.806. The highest BCUT2D eigenvalue weighted by molar-refractivity contribution is 7.10. The van der Waals surface area contributed by atoms with E-state index in [0.29, 0.717) is 0 Å². The smallest absolute Gasteiger partial charge is 0.00171 e. The average Bonchev–Trinajstić information content (AvgIpc) is 2.47. The second-order valence-electron chi connectivity index (χ2n) is 3.38. The van der Waals surface area contributed by atoms with Crippen molar-refractivity contribution in [2.24, 2.45) is 0 Å². The summed E-state index contributed by atoms with van der Waals surface area (Å²) in [6.07, 6.45) is 3.92. The van der Waals surface area contributed by atoms with Crippen LogP contribution in [-0.2, 0) is 0 Å². The SMILES string of the molecule is CCCC(CC)c1csc(C)c1. The zero-order chi connectivity index (χ0) is 8.97. The Kier molecular flexibility index (Phi) is 3.80. The summed E-state index contributed by atoms with van der Waals surface area (Å²) < 4.78 is 0. The predicted molar refractivity (Wildman–Crippen MR) is 57.0 cm³/mol. The maximum atomic E-state index is 2.34. The van der Waals surface area contributed by atoms with Crippen molar-refractivity contribution in [3.63, 3.8) is 0 Å². The van der Waals surface area contributed by atoms with Crippen LogP contribution in [0.4, 0.5) is 0 Å². The van der Waals surface area contributed by atoms with Crippen molar-refractivity contribution < 1.29 is 0 Å². The fraction of sp³-hybridized carbons (Fsp3) is 0.636. The van der Waals surface area contributed by atoms with Crippen molar-refractivity contribution in [2.75, 3.05) is 0 Å². The Morgan fingerprint density at radius 2 is 2.17 bits per heavy atom. The first kappa shape index (κ1) is 9.79. The van der Waals surface area contributed by atoms with E-state index in [1.54, 1.807) is 5.56 Å². The van der Waals surface area contributed by atoms with Gasteiger partial charge in [0.1, 0.15) is 0 Å². The molecule has 0 aliphatic rings. The van der Waals surface area contributed by atoms with E-state index in [1.165, 1.54) is 24.1 Å². The van der Waals surface area contributed by atoms with Crippen LogP contribution in [0.25, 0.3) is 0 Å². The van der Waals surface area contributed by atoms with Gasteiger partial charge in [0.15, 0.2) is 0 Å². The molecule has 1 unspecified atom stereocenters. The molecule has 12 heavy (non-hydrogen) atoms. The zero-order valence-electron chi connectivity index (χ0n) is 8.26. The van der Waals surface area contributed by atoms with E-state index in [2.05, 4.69) is 32.2 Å². The van der Waals surface area contributed by atoms with Crippen molar-refractivity contribution in [3.8, 4) is 0 Å². The summed E-state index contributed by atoms with van der Waals surface area (Å²) in [6, 6.07) is 2.34. The maximum absolute atomic E-state index is 2.34. The summed E-state index contributed by atoms with van der Waals surface area (Å²) in [4.78, 5) is 1.44. The minimum atomic E-state index is 0.806. The standard InChI is InChI=1S/C11H18S/c1-4-6-10(5-2)11-7-9(3)12-8-11/h7-8,10H,4-6H2,1-3H3. The lowest BCUT2D eigenvalue weighted by atomic mass is 9.94. The molecule has 0 aliphatic heterocycles. The van der Waals surface area contributed by atoms with E-state index in [-0.39, 0.29) is 0 Å². The number of hydrogen-bond donors (Lipinski definition) is 0. The lowest BCUT2D eigenvalue weighted by Gasteiger charge is -2.10. The molecule has 0 aromatic carbocycles. The molecule has 1 atom stereocenters. The molecule has 0 fully saturated rings. The number of rotatable bonds is 4. The Morgan fingerprint density at radius 3 is 2.58 bits per heavy atom. The Labute approximate surface area is 79.6 Å². The van der Waals surface area contributed by atoms with Crippen LogP contribution in [0.15, 0.2) is 11.4 Å². The highest BCUT2D eigenvalue weighted by Gasteiger charge is 2.08. The van der Waals surface area contributed by atoms with Crippen LogP contribution in [0, 0.1) is 6.92 Å². The van der Waals surface area contributed by atoms with Gasteiger partial charge in [-0.3, -0.25) is 0 Å². The highest BCUT2D eigenvalue weighted by atomic mass is 32.1. The average molecular weight is 182 g/mol. The Hall–Kier alpha value is -0.300. The fourth-order valence-corrected chi connectivity index (χ4v) is 2.42. The normalized spacial score (nSPS) is 13.2. The minimum Gasteiger partial charge on any atom is -0.149 e. The predicted octanol–water partition coefficient (Wildman–Crippen LogP) is 4.35. The lowest BCUT2D eigenvalue weighted by Crippen LogP contribution is -1.93. The Bertz CT molecular complexity index is 225. The first-order chi connectivity index (χ1) is 5.77. The molecule has 1 heterocycles. The van der Waals surface area contributed by atoms with Crippen LogP contribution in [0.5, 0.6) is 0 Å². The van der Waals surface area contributed by atoms with E-state index in [1.807, 2.05) is 11.3 Å². The van der Waals surface area contributed by atoms with Crippen molar-refractivity contribution >= 4 is 11.3 Å². The fourth-order valence-electron chi connectivity index (χ4n) is 1.63. The molecule has 1 heteroatoms. The van der Waals surface area contributed by atoms with E-state index < -0.39 is 0 Å². The van der Waals surface area contributed by atoms with Crippen LogP contribution in [-0.4, -0.2) is 0 Å². The van der Waals surface area contributed by atoms with Gasteiger partial charge in [0.25, 0.3) is 0 Å². The summed E-state index contributed by atoms with van der Waals surface area (Å²) in [7, 11) is 0. The first-order valence-corrected chi connectivity index (χ1v) is 5.70. The number of hydrogen-bond acceptors (Lipinski definition) is 1. The van der Waals surface area contributed by atoms with Gasteiger partial charge in [-0.25, -0.2) is 0 Å². The second-order valence-corrected chi connectivity index (χ2v) is 4.50. The van der Waals surface area contributed by atoms with Crippen LogP contribution < -0.4 is 0 Å². The second kappa shape index (κ2) is 4.66. The van der Waals surface area contributed by atoms with Gasteiger partial charge in [-0.1, -0.05) is 20.3 Å². The first-order valence-electron chi connectivity index (χ1n) is 4.83. The highest BCUT2D eigenvalue weighted by Crippen LogP contribution is 2.28. The molecule has 68 valence electrons. The van der Waals surface area contributed by atoms with E-state index in [0.717, 1.165) is 5.92 Å². The number of thiophene rings is 1. The van der Waals surface area contributed by atoms with Crippen LogP contribution in [0.2, 0.25) is 0 Å². The molecule has 0 radical (unpaired) electrons. The molecule has 0 N–H and O–H groups in total. The molecule has 0 spiro atoms.